The molecule has 144 valence electrons. The van der Waals surface area contributed by atoms with Gasteiger partial charge in [-0.15, -0.1) is 0 Å². The van der Waals surface area contributed by atoms with Gasteiger partial charge in [0.25, 0.3) is 0 Å². The number of esters is 2. The van der Waals surface area contributed by atoms with Crippen LogP contribution < -0.4 is 14.2 Å². The standard InChI is InChI=1S/C20H22O7/c1-3-24-12-13-25-20(22)15-8-10-16(11-9-15)27-19(21)14-26-18-7-5-4-6-17(18)23-2/h4-11H,3,12-14H2,1-2H3. The first-order chi connectivity index (χ1) is 13.1. The van der Waals surface area contributed by atoms with Crippen molar-refractivity contribution < 1.29 is 33.3 Å². The summed E-state index contributed by atoms with van der Waals surface area (Å²) in [6.45, 7) is 2.69. The molecular weight excluding hydrogens is 352 g/mol. The number of hydrogen-bond donors (Lipinski definition) is 0. The Morgan fingerprint density at radius 2 is 1.63 bits per heavy atom. The maximum atomic E-state index is 11.9. The molecule has 0 saturated heterocycles. The molecule has 0 N–H and O–H groups in total. The van der Waals surface area contributed by atoms with Crippen LogP contribution >= 0.6 is 0 Å². The number of carbonyl (C=O) groups is 2. The third-order valence-electron chi connectivity index (χ3n) is 3.40. The number of hydrogen-bond acceptors (Lipinski definition) is 7. The molecule has 7 nitrogen and oxygen atoms in total. The van der Waals surface area contributed by atoms with Crippen molar-refractivity contribution in [3.8, 4) is 17.2 Å². The van der Waals surface area contributed by atoms with E-state index in [1.807, 2.05) is 6.92 Å². The lowest BCUT2D eigenvalue weighted by Gasteiger charge is -2.10. The van der Waals surface area contributed by atoms with Gasteiger partial charge in [-0.3, -0.25) is 0 Å². The Morgan fingerprint density at radius 3 is 2.30 bits per heavy atom. The first-order valence-corrected chi connectivity index (χ1v) is 8.45. The zero-order chi connectivity index (χ0) is 19.5. The molecule has 0 aromatic heterocycles. The van der Waals surface area contributed by atoms with Gasteiger partial charge in [-0.25, -0.2) is 9.59 Å². The minimum Gasteiger partial charge on any atom is -0.493 e. The van der Waals surface area contributed by atoms with E-state index in [1.165, 1.54) is 31.4 Å². The zero-order valence-corrected chi connectivity index (χ0v) is 15.3. The fraction of sp³-hybridized carbons (Fsp3) is 0.300. The smallest absolute Gasteiger partial charge is 0.349 e. The molecule has 0 heterocycles. The normalized spacial score (nSPS) is 10.1. The van der Waals surface area contributed by atoms with E-state index >= 15 is 0 Å². The Hall–Kier alpha value is -3.06. The molecule has 0 spiro atoms. The van der Waals surface area contributed by atoms with Crippen molar-refractivity contribution in [3.05, 3.63) is 54.1 Å². The van der Waals surface area contributed by atoms with Crippen LogP contribution in [0.15, 0.2) is 48.5 Å². The van der Waals surface area contributed by atoms with Crippen molar-refractivity contribution in [1.82, 2.24) is 0 Å². The number of ether oxygens (including phenoxy) is 5. The van der Waals surface area contributed by atoms with E-state index in [0.717, 1.165) is 0 Å². The summed E-state index contributed by atoms with van der Waals surface area (Å²) in [5.74, 6) is 0.231. The fourth-order valence-electron chi connectivity index (χ4n) is 2.12. The van der Waals surface area contributed by atoms with E-state index in [-0.39, 0.29) is 13.2 Å². The number of rotatable bonds is 10. The van der Waals surface area contributed by atoms with Crippen LogP contribution in [0, 0.1) is 0 Å². The first-order valence-electron chi connectivity index (χ1n) is 8.45. The Kier molecular flexibility index (Phi) is 8.12. The van der Waals surface area contributed by atoms with Crippen molar-refractivity contribution in [3.63, 3.8) is 0 Å². The lowest BCUT2D eigenvalue weighted by Crippen LogP contribution is -2.18. The second kappa shape index (κ2) is 10.8. The molecule has 0 atom stereocenters. The largest absolute Gasteiger partial charge is 0.493 e. The van der Waals surface area contributed by atoms with E-state index < -0.39 is 11.9 Å². The van der Waals surface area contributed by atoms with Gasteiger partial charge in [-0.05, 0) is 43.3 Å². The topological polar surface area (TPSA) is 80.3 Å². The van der Waals surface area contributed by atoms with Crippen LogP contribution in [0.3, 0.4) is 0 Å². The Bertz CT molecular complexity index is 740. The highest BCUT2D eigenvalue weighted by molar-refractivity contribution is 5.89. The lowest BCUT2D eigenvalue weighted by molar-refractivity contribution is -0.136. The number of para-hydroxylation sites is 2. The molecule has 0 unspecified atom stereocenters. The van der Waals surface area contributed by atoms with E-state index in [1.54, 1.807) is 24.3 Å². The van der Waals surface area contributed by atoms with Gasteiger partial charge in [0.2, 0.25) is 0 Å². The molecule has 0 fully saturated rings. The third-order valence-corrected chi connectivity index (χ3v) is 3.40. The van der Waals surface area contributed by atoms with E-state index in [9.17, 15) is 9.59 Å². The van der Waals surface area contributed by atoms with Gasteiger partial charge in [0.05, 0.1) is 19.3 Å². The second-order valence-corrected chi connectivity index (χ2v) is 5.27. The molecule has 0 saturated carbocycles. The summed E-state index contributed by atoms with van der Waals surface area (Å²) in [5.41, 5.74) is 0.358. The van der Waals surface area contributed by atoms with Gasteiger partial charge in [0.15, 0.2) is 18.1 Å². The number of methoxy groups -OCH3 is 1. The van der Waals surface area contributed by atoms with E-state index in [0.29, 0.717) is 36.0 Å². The predicted molar refractivity (Wildman–Crippen MR) is 97.3 cm³/mol. The van der Waals surface area contributed by atoms with Gasteiger partial charge in [-0.1, -0.05) is 12.1 Å². The molecule has 0 amide bonds. The summed E-state index contributed by atoms with van der Waals surface area (Å²) in [6, 6.07) is 13.1. The van der Waals surface area contributed by atoms with Gasteiger partial charge in [0.1, 0.15) is 12.4 Å². The van der Waals surface area contributed by atoms with Crippen molar-refractivity contribution >= 4 is 11.9 Å². The molecule has 7 heteroatoms. The summed E-state index contributed by atoms with van der Waals surface area (Å²) in [4.78, 5) is 23.8. The van der Waals surface area contributed by atoms with Crippen LogP contribution in [0.1, 0.15) is 17.3 Å². The van der Waals surface area contributed by atoms with Crippen LogP contribution in [0.4, 0.5) is 0 Å². The molecule has 0 bridgehead atoms. The van der Waals surface area contributed by atoms with Crippen LogP contribution in [0.25, 0.3) is 0 Å². The molecular formula is C20H22O7. The molecule has 0 aliphatic rings. The van der Waals surface area contributed by atoms with Gasteiger partial charge in [0, 0.05) is 6.61 Å². The van der Waals surface area contributed by atoms with E-state index in [4.69, 9.17) is 23.7 Å². The van der Waals surface area contributed by atoms with Gasteiger partial charge >= 0.3 is 11.9 Å². The third kappa shape index (κ3) is 6.63. The summed E-state index contributed by atoms with van der Waals surface area (Å²) in [7, 11) is 1.52. The fourth-order valence-corrected chi connectivity index (χ4v) is 2.12. The maximum absolute atomic E-state index is 11.9. The SMILES string of the molecule is CCOCCOC(=O)c1ccc(OC(=O)COc2ccccc2OC)cc1. The van der Waals surface area contributed by atoms with Crippen LogP contribution in [0.5, 0.6) is 17.2 Å². The van der Waals surface area contributed by atoms with Crippen LogP contribution in [-0.4, -0.2) is 45.5 Å². The van der Waals surface area contributed by atoms with Crippen molar-refractivity contribution in [2.24, 2.45) is 0 Å². The quantitative estimate of drug-likeness (QED) is 0.359. The monoisotopic (exact) mass is 374 g/mol. The molecule has 2 aromatic rings. The molecule has 0 aliphatic heterocycles. The highest BCUT2D eigenvalue weighted by Crippen LogP contribution is 2.25. The summed E-state index contributed by atoms with van der Waals surface area (Å²) in [5, 5.41) is 0. The molecule has 0 aliphatic carbocycles. The summed E-state index contributed by atoms with van der Waals surface area (Å²) < 4.78 is 25.9. The summed E-state index contributed by atoms with van der Waals surface area (Å²) >= 11 is 0. The summed E-state index contributed by atoms with van der Waals surface area (Å²) in [6.07, 6.45) is 0. The average Bonchev–Trinajstić information content (AvgIpc) is 2.70. The molecule has 2 rings (SSSR count). The van der Waals surface area contributed by atoms with Crippen LogP contribution in [0.2, 0.25) is 0 Å². The predicted octanol–water partition coefficient (Wildman–Crippen LogP) is 2.87. The maximum Gasteiger partial charge on any atom is 0.349 e. The van der Waals surface area contributed by atoms with Crippen LogP contribution in [-0.2, 0) is 14.3 Å². The Morgan fingerprint density at radius 1 is 0.926 bits per heavy atom. The molecule has 0 radical (unpaired) electrons. The van der Waals surface area contributed by atoms with Gasteiger partial charge in [-0.2, -0.15) is 0 Å². The second-order valence-electron chi connectivity index (χ2n) is 5.27. The minimum absolute atomic E-state index is 0.184. The minimum atomic E-state index is -0.576. The van der Waals surface area contributed by atoms with E-state index in [2.05, 4.69) is 0 Å². The zero-order valence-electron chi connectivity index (χ0n) is 15.3. The van der Waals surface area contributed by atoms with Crippen molar-refractivity contribution in [1.29, 1.82) is 0 Å². The highest BCUT2D eigenvalue weighted by Gasteiger charge is 2.11. The highest BCUT2D eigenvalue weighted by atomic mass is 16.6. The number of carbonyl (C=O) groups excluding carboxylic acids is 2. The van der Waals surface area contributed by atoms with Crippen molar-refractivity contribution in [2.45, 2.75) is 6.92 Å². The molecule has 2 aromatic carbocycles. The molecule has 27 heavy (non-hydrogen) atoms. The van der Waals surface area contributed by atoms with Gasteiger partial charge < -0.3 is 23.7 Å². The average molecular weight is 374 g/mol. The first kappa shape index (κ1) is 20.3. The Labute approximate surface area is 157 Å². The van der Waals surface area contributed by atoms with Crippen molar-refractivity contribution in [2.75, 3.05) is 33.5 Å². The lowest BCUT2D eigenvalue weighted by atomic mass is 10.2. The number of benzene rings is 2. The Balaban J connectivity index is 1.81.